The second-order valence-electron chi connectivity index (χ2n) is 5.69. The Morgan fingerprint density at radius 1 is 1.19 bits per heavy atom. The summed E-state index contributed by atoms with van der Waals surface area (Å²) in [5, 5.41) is 23.4. The van der Waals surface area contributed by atoms with E-state index in [0.29, 0.717) is 22.9 Å². The highest BCUT2D eigenvalue weighted by Gasteiger charge is 2.34. The number of nitrogens with zero attached hydrogens (tertiary/aromatic N) is 5. The van der Waals surface area contributed by atoms with Crippen LogP contribution >= 0.6 is 11.3 Å². The topological polar surface area (TPSA) is 101 Å². The molecule has 1 aliphatic rings. The van der Waals surface area contributed by atoms with Crippen LogP contribution in [-0.2, 0) is 0 Å². The Bertz CT molecular complexity index is 1150. The second-order valence-corrected chi connectivity index (χ2v) is 6.64. The van der Waals surface area contributed by atoms with E-state index in [4.69, 9.17) is 0 Å². The Balaban J connectivity index is 1.83. The van der Waals surface area contributed by atoms with Gasteiger partial charge >= 0.3 is 0 Å². The van der Waals surface area contributed by atoms with Crippen LogP contribution in [0.25, 0.3) is 10.6 Å². The number of hydrogen-bond donors (Lipinski definition) is 2. The number of aromatic nitrogens is 6. The Labute approximate surface area is 149 Å². The van der Waals surface area contributed by atoms with Gasteiger partial charge < -0.3 is 5.32 Å². The van der Waals surface area contributed by atoms with Crippen LogP contribution in [0.15, 0.2) is 46.6 Å². The summed E-state index contributed by atoms with van der Waals surface area (Å²) >= 11 is 1.50. The molecule has 0 saturated carbocycles. The lowest BCUT2D eigenvalue weighted by molar-refractivity contribution is 0.565. The average Bonchev–Trinajstić information content (AvgIpc) is 3.33. The van der Waals surface area contributed by atoms with Crippen LogP contribution in [0.4, 0.5) is 16.0 Å². The number of rotatable bonds is 2. The predicted octanol–water partition coefficient (Wildman–Crippen LogP) is 2.32. The van der Waals surface area contributed by atoms with Crippen molar-refractivity contribution in [2.75, 3.05) is 5.32 Å². The predicted molar refractivity (Wildman–Crippen MR) is 92.9 cm³/mol. The van der Waals surface area contributed by atoms with Crippen LogP contribution in [0.1, 0.15) is 17.2 Å². The summed E-state index contributed by atoms with van der Waals surface area (Å²) in [6.07, 6.45) is 0. The van der Waals surface area contributed by atoms with Crippen molar-refractivity contribution in [3.8, 4) is 10.6 Å². The highest BCUT2D eigenvalue weighted by Crippen LogP contribution is 2.41. The molecular weight excluding hydrogens is 357 g/mol. The first kappa shape index (κ1) is 14.9. The maximum absolute atomic E-state index is 13.4. The Hall–Kier alpha value is -3.40. The molecule has 1 aromatic carbocycles. The molecule has 0 fully saturated rings. The zero-order valence-corrected chi connectivity index (χ0v) is 13.9. The smallest absolute Gasteiger partial charge is 0.288 e. The number of thiophene rings is 1. The largest absolute Gasteiger partial charge is 0.318 e. The van der Waals surface area contributed by atoms with Gasteiger partial charge in [0.15, 0.2) is 0 Å². The van der Waals surface area contributed by atoms with Crippen molar-refractivity contribution in [1.29, 1.82) is 0 Å². The molecule has 8 nitrogen and oxygen atoms in total. The fourth-order valence-electron chi connectivity index (χ4n) is 3.09. The zero-order valence-electron chi connectivity index (χ0n) is 13.0. The molecule has 0 aliphatic carbocycles. The van der Waals surface area contributed by atoms with Crippen LogP contribution in [-0.4, -0.2) is 30.4 Å². The summed E-state index contributed by atoms with van der Waals surface area (Å²) in [4.78, 5) is 13.3. The molecule has 1 atom stereocenters. The van der Waals surface area contributed by atoms with E-state index in [1.807, 2.05) is 17.5 Å². The lowest BCUT2D eigenvalue weighted by atomic mass is 9.94. The van der Waals surface area contributed by atoms with Crippen LogP contribution in [0.5, 0.6) is 0 Å². The number of hydrogen-bond acceptors (Lipinski definition) is 7. The molecule has 1 unspecified atom stereocenters. The number of anilines is 2. The molecular formula is C16H10FN7OS. The lowest BCUT2D eigenvalue weighted by Crippen LogP contribution is -2.29. The summed E-state index contributed by atoms with van der Waals surface area (Å²) in [6.45, 7) is 0. The first-order chi connectivity index (χ1) is 12.7. The number of halogens is 1. The number of nitrogens with one attached hydrogen (secondary N) is 2. The Kier molecular flexibility index (Phi) is 3.19. The molecule has 0 spiro atoms. The number of H-pyrrole nitrogens is 1. The average molecular weight is 367 g/mol. The van der Waals surface area contributed by atoms with Gasteiger partial charge in [0.25, 0.3) is 5.56 Å². The molecule has 0 amide bonds. The van der Waals surface area contributed by atoms with Crippen molar-refractivity contribution in [3.05, 3.63) is 69.1 Å². The van der Waals surface area contributed by atoms with Crippen molar-refractivity contribution in [2.24, 2.45) is 0 Å². The summed E-state index contributed by atoms with van der Waals surface area (Å²) in [6, 6.07) is 9.36. The van der Waals surface area contributed by atoms with E-state index in [2.05, 4.69) is 31.0 Å². The molecule has 10 heteroatoms. The molecule has 26 heavy (non-hydrogen) atoms. The van der Waals surface area contributed by atoms with Gasteiger partial charge in [-0.3, -0.25) is 4.79 Å². The van der Waals surface area contributed by atoms with Crippen LogP contribution in [0.3, 0.4) is 0 Å². The van der Waals surface area contributed by atoms with Gasteiger partial charge in [-0.05, 0) is 39.6 Å². The van der Waals surface area contributed by atoms with E-state index in [0.717, 1.165) is 10.4 Å². The highest BCUT2D eigenvalue weighted by atomic mass is 32.1. The quantitative estimate of drug-likeness (QED) is 0.497. The molecule has 0 bridgehead atoms. The Morgan fingerprint density at radius 2 is 2.04 bits per heavy atom. The van der Waals surface area contributed by atoms with Gasteiger partial charge in [0.2, 0.25) is 5.95 Å². The minimum atomic E-state index is -0.510. The van der Waals surface area contributed by atoms with Gasteiger partial charge in [-0.15, -0.1) is 11.3 Å². The molecule has 0 radical (unpaired) electrons. The third kappa shape index (κ3) is 2.15. The normalized spacial score (nSPS) is 15.2. The fraction of sp³-hybridized carbons (Fsp3) is 0.0625. The first-order valence-corrected chi connectivity index (χ1v) is 8.57. The second kappa shape index (κ2) is 5.56. The van der Waals surface area contributed by atoms with Crippen molar-refractivity contribution >= 4 is 23.0 Å². The third-order valence-corrected chi connectivity index (χ3v) is 5.09. The summed E-state index contributed by atoms with van der Waals surface area (Å²) in [5.41, 5.74) is 1.97. The van der Waals surface area contributed by atoms with Gasteiger partial charge in [-0.2, -0.15) is 9.78 Å². The standard InChI is InChI=1S/C16H10FN7OS/c17-9-5-3-8(4-6-9)14-11-12(10-2-1-7-26-10)19-20-15(25)13(11)18-16-21-22-23-24(14)16/h1-7,14H,(H,20,25)(H,18,21,23). The molecule has 1 aliphatic heterocycles. The van der Waals surface area contributed by atoms with Crippen LogP contribution < -0.4 is 10.9 Å². The molecule has 2 N–H and O–H groups in total. The number of aromatic amines is 1. The summed E-state index contributed by atoms with van der Waals surface area (Å²) in [7, 11) is 0. The molecule has 5 rings (SSSR count). The van der Waals surface area contributed by atoms with Gasteiger partial charge in [0.1, 0.15) is 23.2 Å². The minimum Gasteiger partial charge on any atom is -0.318 e. The number of tetrazole rings is 1. The van der Waals surface area contributed by atoms with Crippen molar-refractivity contribution in [2.45, 2.75) is 6.04 Å². The van der Waals surface area contributed by atoms with Crippen LogP contribution in [0.2, 0.25) is 0 Å². The fourth-order valence-corrected chi connectivity index (χ4v) is 3.82. The van der Waals surface area contributed by atoms with Gasteiger partial charge in [-0.25, -0.2) is 9.49 Å². The number of benzene rings is 1. The molecule has 128 valence electrons. The summed E-state index contributed by atoms with van der Waals surface area (Å²) in [5.74, 6) is -0.0111. The Morgan fingerprint density at radius 3 is 2.81 bits per heavy atom. The first-order valence-electron chi connectivity index (χ1n) is 7.69. The molecule has 4 aromatic rings. The van der Waals surface area contributed by atoms with Crippen molar-refractivity contribution < 1.29 is 4.39 Å². The van der Waals surface area contributed by atoms with E-state index < -0.39 is 6.04 Å². The third-order valence-electron chi connectivity index (χ3n) is 4.21. The number of fused-ring (bicyclic) bond motifs is 2. The molecule has 4 heterocycles. The van der Waals surface area contributed by atoms with Gasteiger partial charge in [-0.1, -0.05) is 23.3 Å². The zero-order chi connectivity index (χ0) is 17.7. The SMILES string of the molecule is O=c1[nH]nc(-c2cccs2)c2c1Nc1nnnn1C2c1ccc(F)cc1. The van der Waals surface area contributed by atoms with E-state index >= 15 is 0 Å². The molecule has 0 saturated heterocycles. The van der Waals surface area contributed by atoms with Crippen molar-refractivity contribution in [1.82, 2.24) is 30.4 Å². The van der Waals surface area contributed by atoms with E-state index in [-0.39, 0.29) is 11.4 Å². The van der Waals surface area contributed by atoms with Gasteiger partial charge in [0.05, 0.1) is 4.88 Å². The van der Waals surface area contributed by atoms with E-state index in [9.17, 15) is 9.18 Å². The van der Waals surface area contributed by atoms with Crippen LogP contribution in [0, 0.1) is 5.82 Å². The van der Waals surface area contributed by atoms with E-state index in [1.165, 1.54) is 23.5 Å². The minimum absolute atomic E-state index is 0.333. The van der Waals surface area contributed by atoms with Crippen molar-refractivity contribution in [3.63, 3.8) is 0 Å². The lowest BCUT2D eigenvalue weighted by Gasteiger charge is -2.27. The monoisotopic (exact) mass is 367 g/mol. The summed E-state index contributed by atoms with van der Waals surface area (Å²) < 4.78 is 15.0. The maximum atomic E-state index is 13.4. The highest BCUT2D eigenvalue weighted by molar-refractivity contribution is 7.13. The van der Waals surface area contributed by atoms with Gasteiger partial charge in [0, 0.05) is 5.56 Å². The maximum Gasteiger partial charge on any atom is 0.288 e. The molecule has 3 aromatic heterocycles. The van der Waals surface area contributed by atoms with E-state index in [1.54, 1.807) is 16.8 Å².